The predicted molar refractivity (Wildman–Crippen MR) is 66.7 cm³/mol. The van der Waals surface area contributed by atoms with Crippen molar-refractivity contribution in [2.24, 2.45) is 0 Å². The van der Waals surface area contributed by atoms with Gasteiger partial charge in [0, 0.05) is 17.4 Å². The van der Waals surface area contributed by atoms with E-state index in [1.165, 1.54) is 18.2 Å². The van der Waals surface area contributed by atoms with Gasteiger partial charge in [-0.2, -0.15) is 0 Å². The molecule has 0 bridgehead atoms. The molecule has 17 heavy (non-hydrogen) atoms. The lowest BCUT2D eigenvalue weighted by Crippen LogP contribution is -2.27. The van der Waals surface area contributed by atoms with Crippen molar-refractivity contribution >= 4 is 21.8 Å². The second kappa shape index (κ2) is 7.13. The van der Waals surface area contributed by atoms with E-state index in [1.54, 1.807) is 0 Å². The number of carbonyl (C=O) groups excluding carboxylic acids is 1. The Balaban J connectivity index is 2.39. The summed E-state index contributed by atoms with van der Waals surface area (Å²) in [5.41, 5.74) is 0.292. The molecule has 3 N–H and O–H groups in total. The number of amides is 1. The molecule has 0 spiro atoms. The lowest BCUT2D eigenvalue weighted by molar-refractivity contribution is 0.0923. The van der Waals surface area contributed by atoms with E-state index in [9.17, 15) is 9.90 Å². The van der Waals surface area contributed by atoms with Gasteiger partial charge in [0.1, 0.15) is 0 Å². The highest BCUT2D eigenvalue weighted by molar-refractivity contribution is 9.09. The standard InChI is InChI=1S/C11H14BrNO4/c12-3-5-17-6-4-13-11(16)8-1-2-9(14)10(15)7-8/h1-2,7,14-15H,3-6H2,(H,13,16). The Kier molecular flexibility index (Phi) is 5.79. The average Bonchev–Trinajstić information content (AvgIpc) is 2.32. The largest absolute Gasteiger partial charge is 0.504 e. The van der Waals surface area contributed by atoms with E-state index in [2.05, 4.69) is 21.2 Å². The molecular weight excluding hydrogens is 290 g/mol. The number of hydrogen-bond acceptors (Lipinski definition) is 4. The normalized spacial score (nSPS) is 10.2. The van der Waals surface area contributed by atoms with Gasteiger partial charge < -0.3 is 20.3 Å². The third-order valence-electron chi connectivity index (χ3n) is 1.99. The molecule has 1 rings (SSSR count). The monoisotopic (exact) mass is 303 g/mol. The van der Waals surface area contributed by atoms with Crippen LogP contribution in [0.1, 0.15) is 10.4 Å². The van der Waals surface area contributed by atoms with E-state index in [0.717, 1.165) is 5.33 Å². The maximum absolute atomic E-state index is 11.6. The van der Waals surface area contributed by atoms with Gasteiger partial charge in [0.15, 0.2) is 11.5 Å². The molecule has 0 radical (unpaired) electrons. The highest BCUT2D eigenvalue weighted by Crippen LogP contribution is 2.24. The molecule has 1 amide bonds. The average molecular weight is 304 g/mol. The first-order valence-electron chi connectivity index (χ1n) is 5.09. The number of phenols is 2. The molecule has 1 aromatic rings. The Labute approximate surface area is 108 Å². The van der Waals surface area contributed by atoms with Crippen molar-refractivity contribution in [1.29, 1.82) is 0 Å². The van der Waals surface area contributed by atoms with E-state index >= 15 is 0 Å². The predicted octanol–water partition coefficient (Wildman–Crippen LogP) is 1.24. The van der Waals surface area contributed by atoms with Crippen molar-refractivity contribution in [2.75, 3.05) is 25.1 Å². The topological polar surface area (TPSA) is 78.8 Å². The number of ether oxygens (including phenoxy) is 1. The summed E-state index contributed by atoms with van der Waals surface area (Å²) in [5, 5.41) is 21.7. The zero-order valence-electron chi connectivity index (χ0n) is 9.15. The molecule has 0 heterocycles. The molecule has 0 atom stereocenters. The van der Waals surface area contributed by atoms with E-state index < -0.39 is 0 Å². The molecule has 0 unspecified atom stereocenters. The summed E-state index contributed by atoms with van der Waals surface area (Å²) in [6.07, 6.45) is 0. The van der Waals surface area contributed by atoms with Crippen LogP contribution < -0.4 is 5.32 Å². The molecule has 1 aromatic carbocycles. The van der Waals surface area contributed by atoms with Gasteiger partial charge >= 0.3 is 0 Å². The van der Waals surface area contributed by atoms with Crippen LogP contribution in [0.4, 0.5) is 0 Å². The van der Waals surface area contributed by atoms with E-state index in [4.69, 9.17) is 9.84 Å². The summed E-state index contributed by atoms with van der Waals surface area (Å²) in [6, 6.07) is 3.92. The maximum atomic E-state index is 11.6. The maximum Gasteiger partial charge on any atom is 0.251 e. The molecule has 94 valence electrons. The molecule has 0 fully saturated rings. The van der Waals surface area contributed by atoms with Crippen LogP contribution in [0, 0.1) is 0 Å². The summed E-state index contributed by atoms with van der Waals surface area (Å²) in [4.78, 5) is 11.6. The van der Waals surface area contributed by atoms with Crippen molar-refractivity contribution in [3.05, 3.63) is 23.8 Å². The molecule has 0 aliphatic heterocycles. The van der Waals surface area contributed by atoms with E-state index in [1.807, 2.05) is 0 Å². The van der Waals surface area contributed by atoms with Gasteiger partial charge in [-0.05, 0) is 18.2 Å². The Hall–Kier alpha value is -1.27. The van der Waals surface area contributed by atoms with Crippen molar-refractivity contribution in [3.8, 4) is 11.5 Å². The summed E-state index contributed by atoms with van der Waals surface area (Å²) in [7, 11) is 0. The van der Waals surface area contributed by atoms with E-state index in [0.29, 0.717) is 25.3 Å². The first-order chi connectivity index (χ1) is 8.15. The van der Waals surface area contributed by atoms with Crippen LogP contribution in [0.3, 0.4) is 0 Å². The molecule has 6 heteroatoms. The number of benzene rings is 1. The minimum atomic E-state index is -0.317. The van der Waals surface area contributed by atoms with Crippen LogP contribution in [0.25, 0.3) is 0 Å². The van der Waals surface area contributed by atoms with Gasteiger partial charge in [-0.3, -0.25) is 4.79 Å². The Morgan fingerprint density at radius 3 is 2.71 bits per heavy atom. The highest BCUT2D eigenvalue weighted by Gasteiger charge is 2.07. The third kappa shape index (κ3) is 4.62. The fourth-order valence-corrected chi connectivity index (χ4v) is 1.39. The number of hydrogen-bond donors (Lipinski definition) is 3. The fourth-order valence-electron chi connectivity index (χ4n) is 1.16. The molecule has 0 aromatic heterocycles. The van der Waals surface area contributed by atoms with Gasteiger partial charge in [0.25, 0.3) is 5.91 Å². The number of carbonyl (C=O) groups is 1. The van der Waals surface area contributed by atoms with Gasteiger partial charge in [-0.25, -0.2) is 0 Å². The van der Waals surface area contributed by atoms with E-state index in [-0.39, 0.29) is 17.4 Å². The summed E-state index contributed by atoms with van der Waals surface area (Å²) < 4.78 is 5.16. The van der Waals surface area contributed by atoms with Gasteiger partial charge in [0.05, 0.1) is 13.2 Å². The summed E-state index contributed by atoms with van der Waals surface area (Å²) in [5.74, 6) is -0.877. The highest BCUT2D eigenvalue weighted by atomic mass is 79.9. The number of nitrogens with one attached hydrogen (secondary N) is 1. The fraction of sp³-hybridized carbons (Fsp3) is 0.364. The third-order valence-corrected chi connectivity index (χ3v) is 2.31. The SMILES string of the molecule is O=C(NCCOCCBr)c1ccc(O)c(O)c1. The minimum Gasteiger partial charge on any atom is -0.504 e. The van der Waals surface area contributed by atoms with Crippen LogP contribution in [-0.2, 0) is 4.74 Å². The van der Waals surface area contributed by atoms with Crippen LogP contribution in [0.2, 0.25) is 0 Å². The molecular formula is C11H14BrNO4. The number of aromatic hydroxyl groups is 2. The smallest absolute Gasteiger partial charge is 0.251 e. The lowest BCUT2D eigenvalue weighted by atomic mass is 10.2. The van der Waals surface area contributed by atoms with Crippen molar-refractivity contribution in [2.45, 2.75) is 0 Å². The van der Waals surface area contributed by atoms with Crippen LogP contribution >= 0.6 is 15.9 Å². The molecule has 0 aliphatic carbocycles. The Morgan fingerprint density at radius 1 is 1.29 bits per heavy atom. The molecule has 0 saturated carbocycles. The molecule has 5 nitrogen and oxygen atoms in total. The summed E-state index contributed by atoms with van der Waals surface area (Å²) in [6.45, 7) is 1.42. The number of alkyl halides is 1. The number of halogens is 1. The molecule has 0 aliphatic rings. The van der Waals surface area contributed by atoms with Crippen molar-refractivity contribution < 1.29 is 19.7 Å². The first-order valence-corrected chi connectivity index (χ1v) is 6.21. The Morgan fingerprint density at radius 2 is 2.06 bits per heavy atom. The molecule has 0 saturated heterocycles. The lowest BCUT2D eigenvalue weighted by Gasteiger charge is -2.06. The zero-order chi connectivity index (χ0) is 12.7. The van der Waals surface area contributed by atoms with Crippen molar-refractivity contribution in [3.63, 3.8) is 0 Å². The zero-order valence-corrected chi connectivity index (χ0v) is 10.7. The van der Waals surface area contributed by atoms with Crippen molar-refractivity contribution in [1.82, 2.24) is 5.32 Å². The second-order valence-electron chi connectivity index (χ2n) is 3.26. The van der Waals surface area contributed by atoms with Gasteiger partial charge in [-0.1, -0.05) is 15.9 Å². The summed E-state index contributed by atoms with van der Waals surface area (Å²) >= 11 is 3.22. The van der Waals surface area contributed by atoms with Crippen LogP contribution in [0.15, 0.2) is 18.2 Å². The Bertz CT molecular complexity index is 384. The number of rotatable bonds is 6. The van der Waals surface area contributed by atoms with Gasteiger partial charge in [0.2, 0.25) is 0 Å². The minimum absolute atomic E-state index is 0.248. The quantitative estimate of drug-likeness (QED) is 0.420. The van der Waals surface area contributed by atoms with Crippen LogP contribution in [0.5, 0.6) is 11.5 Å². The first kappa shape index (κ1) is 13.8. The number of phenolic OH excluding ortho intramolecular Hbond substituents is 2. The van der Waals surface area contributed by atoms with Crippen LogP contribution in [-0.4, -0.2) is 41.2 Å². The second-order valence-corrected chi connectivity index (χ2v) is 4.05. The van der Waals surface area contributed by atoms with Gasteiger partial charge in [-0.15, -0.1) is 0 Å².